The molecule has 0 atom stereocenters. The van der Waals surface area contributed by atoms with Crippen LogP contribution in [0.4, 0.5) is 26.3 Å². The van der Waals surface area contributed by atoms with Gasteiger partial charge in [-0.05, 0) is 24.3 Å². The summed E-state index contributed by atoms with van der Waals surface area (Å²) < 4.78 is 81.4. The van der Waals surface area contributed by atoms with Crippen LogP contribution in [0, 0.1) is 0 Å². The average molecular weight is 442 g/mol. The molecule has 2 N–H and O–H groups in total. The lowest BCUT2D eigenvalue weighted by atomic mass is 10.3. The van der Waals surface area contributed by atoms with Gasteiger partial charge in [-0.2, -0.15) is 26.3 Å². The molecule has 2 aromatic rings. The van der Waals surface area contributed by atoms with Gasteiger partial charge in [-0.1, -0.05) is 0 Å². The quantitative estimate of drug-likeness (QED) is 0.656. The highest BCUT2D eigenvalue weighted by Gasteiger charge is 2.32. The van der Waals surface area contributed by atoms with Crippen LogP contribution in [-0.4, -0.2) is 45.3 Å². The number of aromatic nitrogens is 2. The minimum atomic E-state index is -4.51. The third kappa shape index (κ3) is 9.07. The molecule has 0 aromatic carbocycles. The zero-order valence-corrected chi connectivity index (χ0v) is 14.6. The number of carboxylic acid groups (broad SMARTS) is 2. The fraction of sp³-hybridized carbons (Fsp3) is 0.250. The van der Waals surface area contributed by atoms with E-state index in [-0.39, 0.29) is 11.5 Å². The topological polar surface area (TPSA) is 119 Å². The molecule has 0 aliphatic rings. The molecule has 0 radical (unpaired) electrons. The molecule has 2 heterocycles. The van der Waals surface area contributed by atoms with Crippen LogP contribution in [-0.2, 0) is 21.9 Å². The number of aliphatic carboxylic acids is 2. The third-order valence-corrected chi connectivity index (χ3v) is 2.78. The summed E-state index contributed by atoms with van der Waals surface area (Å²) in [4.78, 5) is 26.3. The van der Waals surface area contributed by atoms with Crippen LogP contribution in [0.5, 0.6) is 11.5 Å². The molecule has 2 aromatic heterocycles. The van der Waals surface area contributed by atoms with Crippen LogP contribution >= 0.6 is 0 Å². The molecular weight excluding hydrogens is 430 g/mol. The minimum absolute atomic E-state index is 0.0228. The van der Waals surface area contributed by atoms with Crippen molar-refractivity contribution in [2.75, 3.05) is 13.2 Å². The molecule has 164 valence electrons. The molecular formula is C16H12F6N2O6. The van der Waals surface area contributed by atoms with Gasteiger partial charge < -0.3 is 19.7 Å². The first-order valence-corrected chi connectivity index (χ1v) is 7.54. The number of nitrogens with zero attached hydrogens (tertiary/aromatic N) is 2. The highest BCUT2D eigenvalue weighted by atomic mass is 19.4. The molecule has 0 bridgehead atoms. The second-order valence-electron chi connectivity index (χ2n) is 5.12. The Morgan fingerprint density at radius 1 is 0.733 bits per heavy atom. The molecule has 0 fully saturated rings. The molecule has 30 heavy (non-hydrogen) atoms. The maximum Gasteiger partial charge on any atom is 0.433 e. The van der Waals surface area contributed by atoms with Crippen molar-refractivity contribution in [1.29, 1.82) is 0 Å². The van der Waals surface area contributed by atoms with Crippen molar-refractivity contribution in [1.82, 2.24) is 9.97 Å². The lowest BCUT2D eigenvalue weighted by Gasteiger charge is -2.06. The summed E-state index contributed by atoms with van der Waals surface area (Å²) in [5.41, 5.74) is -2.10. The van der Waals surface area contributed by atoms with Gasteiger partial charge in [-0.15, -0.1) is 0 Å². The first-order chi connectivity index (χ1) is 13.8. The summed E-state index contributed by atoms with van der Waals surface area (Å²) in [5, 5.41) is 16.5. The van der Waals surface area contributed by atoms with Gasteiger partial charge in [0.05, 0.1) is 12.4 Å². The Hall–Kier alpha value is -3.58. The molecule has 0 spiro atoms. The maximum absolute atomic E-state index is 12.0. The zero-order valence-electron chi connectivity index (χ0n) is 14.6. The zero-order chi connectivity index (χ0) is 22.9. The molecule has 8 nitrogen and oxygen atoms in total. The second kappa shape index (κ2) is 10.3. The highest BCUT2D eigenvalue weighted by Crippen LogP contribution is 2.28. The first-order valence-electron chi connectivity index (χ1n) is 7.54. The number of halogens is 6. The van der Waals surface area contributed by atoms with Crippen LogP contribution < -0.4 is 9.47 Å². The van der Waals surface area contributed by atoms with E-state index in [9.17, 15) is 35.9 Å². The number of alkyl halides is 6. The van der Waals surface area contributed by atoms with Crippen molar-refractivity contribution >= 4 is 11.9 Å². The number of hydrogen-bond donors (Lipinski definition) is 2. The number of ether oxygens (including phenoxy) is 2. The van der Waals surface area contributed by atoms with E-state index in [4.69, 9.17) is 10.2 Å². The van der Waals surface area contributed by atoms with E-state index in [0.29, 0.717) is 0 Å². The van der Waals surface area contributed by atoms with E-state index >= 15 is 0 Å². The molecule has 0 aliphatic heterocycles. The molecule has 0 saturated heterocycles. The Kier molecular flexibility index (Phi) is 8.37. The lowest BCUT2D eigenvalue weighted by Crippen LogP contribution is -2.11. The first kappa shape index (κ1) is 24.5. The Labute approximate surface area is 163 Å². The van der Waals surface area contributed by atoms with Gasteiger partial charge in [0.2, 0.25) is 0 Å². The minimum Gasteiger partial charge on any atom is -0.480 e. The maximum atomic E-state index is 12.0. The SMILES string of the molecule is O=C(O)COc1ccc(C(F)(F)F)nc1.O=C(O)COc1ccc(C(F)(F)F)nc1. The van der Waals surface area contributed by atoms with Crippen LogP contribution in [0.2, 0.25) is 0 Å². The molecule has 0 aliphatic carbocycles. The van der Waals surface area contributed by atoms with Crippen molar-refractivity contribution in [3.05, 3.63) is 48.0 Å². The summed E-state index contributed by atoms with van der Waals surface area (Å²) in [6.45, 7) is -1.24. The van der Waals surface area contributed by atoms with Gasteiger partial charge in [0.15, 0.2) is 13.2 Å². The van der Waals surface area contributed by atoms with Crippen LogP contribution in [0.15, 0.2) is 36.7 Å². The number of carboxylic acids is 2. The van der Waals surface area contributed by atoms with Crippen LogP contribution in [0.1, 0.15) is 11.4 Å². The van der Waals surface area contributed by atoms with Gasteiger partial charge in [0.1, 0.15) is 22.9 Å². The summed E-state index contributed by atoms with van der Waals surface area (Å²) >= 11 is 0. The molecule has 0 unspecified atom stereocenters. The van der Waals surface area contributed by atoms with E-state index in [0.717, 1.165) is 36.7 Å². The van der Waals surface area contributed by atoms with Crippen molar-refractivity contribution in [2.24, 2.45) is 0 Å². The molecule has 14 heteroatoms. The Bertz CT molecular complexity index is 766. The monoisotopic (exact) mass is 442 g/mol. The number of rotatable bonds is 6. The predicted molar refractivity (Wildman–Crippen MR) is 84.7 cm³/mol. The van der Waals surface area contributed by atoms with E-state index < -0.39 is 48.9 Å². The summed E-state index contributed by atoms with van der Waals surface area (Å²) in [7, 11) is 0. The van der Waals surface area contributed by atoms with Crippen molar-refractivity contribution < 1.29 is 55.6 Å². The average Bonchev–Trinajstić information content (AvgIpc) is 2.64. The number of carbonyl (C=O) groups is 2. The lowest BCUT2D eigenvalue weighted by molar-refractivity contribution is -0.142. The van der Waals surface area contributed by atoms with Gasteiger partial charge in [-0.25, -0.2) is 19.6 Å². The van der Waals surface area contributed by atoms with Crippen LogP contribution in [0.3, 0.4) is 0 Å². The fourth-order valence-electron chi connectivity index (χ4n) is 1.56. The van der Waals surface area contributed by atoms with E-state index in [1.54, 1.807) is 0 Å². The van der Waals surface area contributed by atoms with Crippen molar-refractivity contribution in [2.45, 2.75) is 12.4 Å². The smallest absolute Gasteiger partial charge is 0.433 e. The Morgan fingerprint density at radius 2 is 1.07 bits per heavy atom. The Balaban J connectivity index is 0.000000300. The van der Waals surface area contributed by atoms with Gasteiger partial charge in [0, 0.05) is 0 Å². The van der Waals surface area contributed by atoms with Gasteiger partial charge in [0.25, 0.3) is 0 Å². The van der Waals surface area contributed by atoms with Crippen molar-refractivity contribution in [3.8, 4) is 11.5 Å². The third-order valence-electron chi connectivity index (χ3n) is 2.78. The second-order valence-corrected chi connectivity index (χ2v) is 5.12. The highest BCUT2D eigenvalue weighted by molar-refractivity contribution is 5.68. The number of hydrogen-bond acceptors (Lipinski definition) is 6. The Morgan fingerprint density at radius 3 is 1.27 bits per heavy atom. The summed E-state index contributed by atoms with van der Waals surface area (Å²) in [5.74, 6) is -2.47. The van der Waals surface area contributed by atoms with Crippen LogP contribution in [0.25, 0.3) is 0 Å². The van der Waals surface area contributed by atoms with E-state index in [1.807, 2.05) is 0 Å². The van der Waals surface area contributed by atoms with Crippen molar-refractivity contribution in [3.63, 3.8) is 0 Å². The van der Waals surface area contributed by atoms with Gasteiger partial charge >= 0.3 is 24.3 Å². The molecule has 2 rings (SSSR count). The van der Waals surface area contributed by atoms with E-state index in [1.165, 1.54) is 0 Å². The predicted octanol–water partition coefficient (Wildman–Crippen LogP) is 3.13. The van der Waals surface area contributed by atoms with E-state index in [2.05, 4.69) is 19.4 Å². The normalized spacial score (nSPS) is 11.1. The summed E-state index contributed by atoms with van der Waals surface area (Å²) in [6.07, 6.45) is -7.37. The standard InChI is InChI=1S/2C8H6F3NO3/c2*9-8(10,11)6-2-1-5(3-12-6)15-4-7(13)14/h2*1-3H,4H2,(H,13,14). The summed E-state index contributed by atoms with van der Waals surface area (Å²) in [6, 6.07) is 3.46. The fourth-order valence-corrected chi connectivity index (χ4v) is 1.56. The molecule has 0 saturated carbocycles. The van der Waals surface area contributed by atoms with Gasteiger partial charge in [-0.3, -0.25) is 0 Å². The largest absolute Gasteiger partial charge is 0.480 e. The molecule has 0 amide bonds. The number of pyridine rings is 2.